The van der Waals surface area contributed by atoms with Gasteiger partial charge in [0.1, 0.15) is 24.2 Å². The predicted molar refractivity (Wildman–Crippen MR) is 153 cm³/mol. The number of carbonyl (C=O) groups is 7. The Hall–Kier alpha value is -4.52. The predicted octanol–water partition coefficient (Wildman–Crippen LogP) is -5.25. The standard InChI is InChI=1S/C24H45N11O8/c1-11(2)18(23(42)43)35-21(40)14(6-4-8-31-24(29)30)32-20(39)13(5-3-7-25)33-22(41)15(10-17(28)37)34-19(38)12(26)9-16(27)36/h11-15,18H,3-10,25-26H2,1-2H3,(H2,27,36)(H2,28,37)(H,32,39)(H,33,41)(H,34,38)(H,35,40)(H,42,43)(H4,29,30,31)/t12-,13-,14-,15-,18-/m0/s1. The van der Waals surface area contributed by atoms with E-state index in [2.05, 4.69) is 26.6 Å². The van der Waals surface area contributed by atoms with Crippen molar-refractivity contribution in [3.63, 3.8) is 0 Å². The number of guanidine groups is 1. The second-order valence-corrected chi connectivity index (χ2v) is 10.1. The average Bonchev–Trinajstić information content (AvgIpc) is 2.89. The van der Waals surface area contributed by atoms with Crippen LogP contribution in [0, 0.1) is 11.3 Å². The van der Waals surface area contributed by atoms with E-state index in [1.54, 1.807) is 13.8 Å². The van der Waals surface area contributed by atoms with Crippen LogP contribution < -0.4 is 55.3 Å². The number of carboxylic acid groups (broad SMARTS) is 1. The van der Waals surface area contributed by atoms with E-state index >= 15 is 0 Å². The zero-order valence-corrected chi connectivity index (χ0v) is 24.3. The number of primary amides is 2. The molecule has 0 bridgehead atoms. The van der Waals surface area contributed by atoms with Crippen molar-refractivity contribution in [2.24, 2.45) is 34.6 Å². The van der Waals surface area contributed by atoms with Crippen LogP contribution in [0.2, 0.25) is 0 Å². The summed E-state index contributed by atoms with van der Waals surface area (Å²) in [5, 5.41) is 28.8. The largest absolute Gasteiger partial charge is 0.480 e. The Morgan fingerprint density at radius 2 is 1.19 bits per heavy atom. The number of amides is 6. The van der Waals surface area contributed by atoms with Gasteiger partial charge in [-0.05, 0) is 38.1 Å². The number of nitrogens with one attached hydrogen (secondary N) is 6. The fraction of sp³-hybridized carbons (Fsp3) is 0.667. The maximum Gasteiger partial charge on any atom is 0.326 e. The van der Waals surface area contributed by atoms with Gasteiger partial charge >= 0.3 is 5.97 Å². The molecule has 0 radical (unpaired) electrons. The normalized spacial score (nSPS) is 14.3. The minimum absolute atomic E-state index is 0.00203. The van der Waals surface area contributed by atoms with Gasteiger partial charge in [-0.2, -0.15) is 0 Å². The molecular weight excluding hydrogens is 570 g/mol. The molecule has 0 aromatic rings. The summed E-state index contributed by atoms with van der Waals surface area (Å²) in [6, 6.07) is -6.82. The molecule has 0 rings (SSSR count). The van der Waals surface area contributed by atoms with E-state index in [4.69, 9.17) is 34.1 Å². The number of hydrogen-bond donors (Lipinski definition) is 12. The molecule has 0 saturated carbocycles. The SMILES string of the molecule is CC(C)[C@H](NC(=O)[C@H](CCCNC(=N)N)NC(=O)[C@H](CCCN)NC(=O)[C@H](CC(N)=O)NC(=O)[C@@H](N)CC(N)=O)C(=O)O. The second-order valence-electron chi connectivity index (χ2n) is 10.1. The first-order chi connectivity index (χ1) is 20.0. The fourth-order valence-electron chi connectivity index (χ4n) is 3.70. The minimum atomic E-state index is -1.57. The zero-order valence-electron chi connectivity index (χ0n) is 24.3. The summed E-state index contributed by atoms with van der Waals surface area (Å²) in [4.78, 5) is 86.1. The topological polar surface area (TPSA) is 354 Å². The van der Waals surface area contributed by atoms with Crippen molar-refractivity contribution in [2.45, 2.75) is 82.6 Å². The van der Waals surface area contributed by atoms with Gasteiger partial charge < -0.3 is 60.4 Å². The summed E-state index contributed by atoms with van der Waals surface area (Å²) in [5.41, 5.74) is 26.7. The van der Waals surface area contributed by atoms with Gasteiger partial charge in [0, 0.05) is 6.54 Å². The van der Waals surface area contributed by atoms with Gasteiger partial charge in [-0.25, -0.2) is 4.79 Å². The lowest BCUT2D eigenvalue weighted by molar-refractivity contribution is -0.143. The molecule has 0 unspecified atom stereocenters. The molecule has 19 heteroatoms. The summed E-state index contributed by atoms with van der Waals surface area (Å²) in [7, 11) is 0. The van der Waals surface area contributed by atoms with Crippen LogP contribution in [-0.2, 0) is 33.6 Å². The van der Waals surface area contributed by atoms with E-state index in [0.29, 0.717) is 0 Å². The number of hydrogen-bond acceptors (Lipinski definition) is 10. The molecule has 0 heterocycles. The molecule has 0 aliphatic rings. The molecule has 5 atom stereocenters. The third kappa shape index (κ3) is 15.9. The van der Waals surface area contributed by atoms with Crippen LogP contribution >= 0.6 is 0 Å². The summed E-state index contributed by atoms with van der Waals surface area (Å²) < 4.78 is 0. The van der Waals surface area contributed by atoms with Gasteiger partial charge in [-0.15, -0.1) is 0 Å². The van der Waals surface area contributed by atoms with Crippen LogP contribution in [0.3, 0.4) is 0 Å². The molecule has 244 valence electrons. The molecule has 0 aromatic heterocycles. The molecule has 0 spiro atoms. The molecule has 17 N–H and O–H groups in total. The summed E-state index contributed by atoms with van der Waals surface area (Å²) >= 11 is 0. The quantitative estimate of drug-likeness (QED) is 0.0327. The van der Waals surface area contributed by atoms with Gasteiger partial charge in [0.15, 0.2) is 5.96 Å². The van der Waals surface area contributed by atoms with Gasteiger partial charge in [-0.1, -0.05) is 13.8 Å². The smallest absolute Gasteiger partial charge is 0.326 e. The third-order valence-electron chi connectivity index (χ3n) is 5.97. The highest BCUT2D eigenvalue weighted by molar-refractivity contribution is 5.97. The van der Waals surface area contributed by atoms with Crippen molar-refractivity contribution in [3.8, 4) is 0 Å². The lowest BCUT2D eigenvalue weighted by atomic mass is 10.0. The summed E-state index contributed by atoms with van der Waals surface area (Å²) in [6.07, 6.45) is -0.762. The third-order valence-corrected chi connectivity index (χ3v) is 5.97. The van der Waals surface area contributed by atoms with Crippen molar-refractivity contribution in [3.05, 3.63) is 0 Å². The summed E-state index contributed by atoms with van der Waals surface area (Å²) in [5.74, 6) is -7.54. The van der Waals surface area contributed by atoms with Crippen molar-refractivity contribution >= 4 is 47.4 Å². The second kappa shape index (κ2) is 19.6. The van der Waals surface area contributed by atoms with Crippen LogP contribution in [0.4, 0.5) is 0 Å². The van der Waals surface area contributed by atoms with Crippen LogP contribution in [0.25, 0.3) is 0 Å². The molecule has 0 aromatic carbocycles. The Morgan fingerprint density at radius 1 is 0.721 bits per heavy atom. The van der Waals surface area contributed by atoms with Crippen LogP contribution in [0.15, 0.2) is 0 Å². The van der Waals surface area contributed by atoms with Crippen molar-refractivity contribution in [1.29, 1.82) is 5.41 Å². The molecule has 43 heavy (non-hydrogen) atoms. The monoisotopic (exact) mass is 615 g/mol. The number of rotatable bonds is 21. The highest BCUT2D eigenvalue weighted by Gasteiger charge is 2.32. The molecule has 0 aliphatic carbocycles. The molecule has 0 fully saturated rings. The Morgan fingerprint density at radius 3 is 1.63 bits per heavy atom. The van der Waals surface area contributed by atoms with E-state index in [-0.39, 0.29) is 44.7 Å². The molecule has 6 amide bonds. The maximum absolute atomic E-state index is 13.3. The highest BCUT2D eigenvalue weighted by Crippen LogP contribution is 2.07. The van der Waals surface area contributed by atoms with E-state index in [1.807, 2.05) is 0 Å². The zero-order chi connectivity index (χ0) is 33.3. The Bertz CT molecular complexity index is 1020. The fourth-order valence-corrected chi connectivity index (χ4v) is 3.70. The Balaban J connectivity index is 5.93. The molecular formula is C24H45N11O8. The van der Waals surface area contributed by atoms with Crippen LogP contribution in [-0.4, -0.2) is 95.8 Å². The van der Waals surface area contributed by atoms with Crippen LogP contribution in [0.1, 0.15) is 52.4 Å². The molecule has 0 aliphatic heterocycles. The number of nitrogens with two attached hydrogens (primary N) is 5. The van der Waals surface area contributed by atoms with Crippen molar-refractivity contribution in [1.82, 2.24) is 26.6 Å². The Kier molecular flexibility index (Phi) is 17.5. The summed E-state index contributed by atoms with van der Waals surface area (Å²) in [6.45, 7) is 3.47. The highest BCUT2D eigenvalue weighted by atomic mass is 16.4. The van der Waals surface area contributed by atoms with Crippen LogP contribution in [0.5, 0.6) is 0 Å². The van der Waals surface area contributed by atoms with E-state index in [9.17, 15) is 38.7 Å². The average molecular weight is 616 g/mol. The lowest BCUT2D eigenvalue weighted by Gasteiger charge is -2.27. The molecule has 0 saturated heterocycles. The lowest BCUT2D eigenvalue weighted by Crippen LogP contribution is -2.59. The van der Waals surface area contributed by atoms with E-state index in [1.165, 1.54) is 0 Å². The number of carbonyl (C=O) groups excluding carboxylic acids is 6. The first-order valence-electron chi connectivity index (χ1n) is 13.5. The van der Waals surface area contributed by atoms with Gasteiger partial charge in [-0.3, -0.25) is 34.2 Å². The number of carboxylic acids is 1. The minimum Gasteiger partial charge on any atom is -0.480 e. The van der Waals surface area contributed by atoms with Gasteiger partial charge in [0.2, 0.25) is 35.4 Å². The number of aliphatic carboxylic acids is 1. The van der Waals surface area contributed by atoms with Gasteiger partial charge in [0.25, 0.3) is 0 Å². The first-order valence-corrected chi connectivity index (χ1v) is 13.5. The van der Waals surface area contributed by atoms with Crippen molar-refractivity contribution < 1.29 is 38.7 Å². The Labute approximate surface area is 248 Å². The van der Waals surface area contributed by atoms with E-state index in [0.717, 1.165) is 0 Å². The maximum atomic E-state index is 13.3. The first kappa shape index (κ1) is 38.5. The van der Waals surface area contributed by atoms with Gasteiger partial charge in [0.05, 0.1) is 18.9 Å². The van der Waals surface area contributed by atoms with E-state index < -0.39 is 90.4 Å². The van der Waals surface area contributed by atoms with Crippen molar-refractivity contribution in [2.75, 3.05) is 13.1 Å². The molecule has 19 nitrogen and oxygen atoms in total.